The zero-order valence-electron chi connectivity index (χ0n) is 11.5. The molecule has 5 nitrogen and oxygen atoms in total. The van der Waals surface area contributed by atoms with E-state index >= 15 is 0 Å². The van der Waals surface area contributed by atoms with Crippen LogP contribution >= 0.6 is 0 Å². The minimum absolute atomic E-state index is 0.315. The van der Waals surface area contributed by atoms with Gasteiger partial charge in [-0.3, -0.25) is 4.79 Å². The number of carboxylic acids is 1. The fourth-order valence-electron chi connectivity index (χ4n) is 1.62. The number of carbonyl (C=O) groups excluding carboxylic acids is 1. The summed E-state index contributed by atoms with van der Waals surface area (Å²) in [4.78, 5) is 24.2. The number of rotatable bonds is 4. The molecule has 19 heavy (non-hydrogen) atoms. The third kappa shape index (κ3) is 4.99. The van der Waals surface area contributed by atoms with Gasteiger partial charge in [-0.05, 0) is 26.3 Å². The average Bonchev–Trinajstić information content (AvgIpc) is 2.33. The van der Waals surface area contributed by atoms with E-state index in [-0.39, 0.29) is 12.6 Å². The lowest BCUT2D eigenvalue weighted by molar-refractivity contribution is -0.138. The topological polar surface area (TPSA) is 69.6 Å². The number of nitrogens with zero attached hydrogens (tertiary/aromatic N) is 1. The number of amides is 2. The van der Waals surface area contributed by atoms with Gasteiger partial charge in [-0.1, -0.05) is 30.3 Å². The number of aliphatic carboxylic acids is 1. The first-order valence-corrected chi connectivity index (χ1v) is 6.12. The maximum atomic E-state index is 12.1. The van der Waals surface area contributed by atoms with Crippen molar-refractivity contribution in [2.24, 2.45) is 0 Å². The van der Waals surface area contributed by atoms with E-state index < -0.39 is 11.5 Å². The van der Waals surface area contributed by atoms with Crippen molar-refractivity contribution in [3.63, 3.8) is 0 Å². The molecule has 0 saturated heterocycles. The minimum Gasteiger partial charge on any atom is -0.480 e. The van der Waals surface area contributed by atoms with Gasteiger partial charge in [-0.25, -0.2) is 4.79 Å². The molecule has 0 unspecified atom stereocenters. The molecule has 0 aliphatic rings. The van der Waals surface area contributed by atoms with E-state index in [0.717, 1.165) is 5.56 Å². The van der Waals surface area contributed by atoms with Gasteiger partial charge >= 0.3 is 12.0 Å². The molecule has 0 radical (unpaired) electrons. The summed E-state index contributed by atoms with van der Waals surface area (Å²) >= 11 is 0. The number of carbonyl (C=O) groups is 2. The summed E-state index contributed by atoms with van der Waals surface area (Å²) in [5, 5.41) is 11.6. The Labute approximate surface area is 113 Å². The molecule has 5 heteroatoms. The predicted molar refractivity (Wildman–Crippen MR) is 72.8 cm³/mol. The van der Waals surface area contributed by atoms with Gasteiger partial charge in [0, 0.05) is 12.1 Å². The van der Waals surface area contributed by atoms with Crippen LogP contribution in [0.3, 0.4) is 0 Å². The first-order valence-electron chi connectivity index (χ1n) is 6.12. The molecular formula is C14H20N2O3. The van der Waals surface area contributed by atoms with E-state index in [4.69, 9.17) is 5.11 Å². The van der Waals surface area contributed by atoms with Crippen molar-refractivity contribution in [2.45, 2.75) is 32.9 Å². The van der Waals surface area contributed by atoms with Crippen molar-refractivity contribution >= 4 is 12.0 Å². The van der Waals surface area contributed by atoms with Crippen molar-refractivity contribution in [3.8, 4) is 0 Å². The highest BCUT2D eigenvalue weighted by molar-refractivity contribution is 5.80. The summed E-state index contributed by atoms with van der Waals surface area (Å²) < 4.78 is 0. The Balaban J connectivity index is 2.65. The van der Waals surface area contributed by atoms with Gasteiger partial charge in [0.2, 0.25) is 0 Å². The van der Waals surface area contributed by atoms with Crippen LogP contribution < -0.4 is 5.32 Å². The quantitative estimate of drug-likeness (QED) is 0.874. The van der Waals surface area contributed by atoms with Crippen molar-refractivity contribution in [3.05, 3.63) is 35.9 Å². The fraction of sp³-hybridized carbons (Fsp3) is 0.429. The van der Waals surface area contributed by atoms with Crippen LogP contribution in [-0.2, 0) is 11.3 Å². The highest BCUT2D eigenvalue weighted by Crippen LogP contribution is 2.13. The SMILES string of the molecule is CC(C)(C)N(CC(=O)O)C(=O)NCc1ccccc1. The smallest absolute Gasteiger partial charge is 0.323 e. The Kier molecular flexibility index (Phi) is 4.92. The third-order valence-electron chi connectivity index (χ3n) is 2.63. The Morgan fingerprint density at radius 3 is 2.26 bits per heavy atom. The molecule has 0 atom stereocenters. The summed E-state index contributed by atoms with van der Waals surface area (Å²) in [5.74, 6) is -1.02. The average molecular weight is 264 g/mol. The summed E-state index contributed by atoms with van der Waals surface area (Å²) in [6.45, 7) is 5.48. The summed E-state index contributed by atoms with van der Waals surface area (Å²) in [6.07, 6.45) is 0. The number of hydrogen-bond donors (Lipinski definition) is 2. The number of benzene rings is 1. The lowest BCUT2D eigenvalue weighted by Gasteiger charge is -2.34. The lowest BCUT2D eigenvalue weighted by atomic mass is 10.1. The Morgan fingerprint density at radius 1 is 1.21 bits per heavy atom. The van der Waals surface area contributed by atoms with E-state index in [1.807, 2.05) is 30.3 Å². The summed E-state index contributed by atoms with van der Waals surface area (Å²) in [7, 11) is 0. The molecule has 2 N–H and O–H groups in total. The first kappa shape index (κ1) is 15.0. The van der Waals surface area contributed by atoms with E-state index in [0.29, 0.717) is 6.54 Å². The van der Waals surface area contributed by atoms with Gasteiger partial charge in [0.05, 0.1) is 0 Å². The minimum atomic E-state index is -1.02. The normalized spacial score (nSPS) is 10.9. The van der Waals surface area contributed by atoms with Gasteiger partial charge in [0.15, 0.2) is 0 Å². The predicted octanol–water partition coefficient (Wildman–Crippen LogP) is 2.08. The molecular weight excluding hydrogens is 244 g/mol. The molecule has 0 aromatic heterocycles. The molecule has 2 amide bonds. The van der Waals surface area contributed by atoms with Gasteiger partial charge in [-0.15, -0.1) is 0 Å². The number of urea groups is 1. The molecule has 0 aliphatic heterocycles. The van der Waals surface area contributed by atoms with Gasteiger partial charge in [0.1, 0.15) is 6.54 Å². The van der Waals surface area contributed by atoms with E-state index in [1.54, 1.807) is 20.8 Å². The van der Waals surface area contributed by atoms with Crippen molar-refractivity contribution in [1.29, 1.82) is 0 Å². The maximum Gasteiger partial charge on any atom is 0.323 e. The van der Waals surface area contributed by atoms with Crippen LogP contribution in [0.1, 0.15) is 26.3 Å². The number of hydrogen-bond acceptors (Lipinski definition) is 2. The largest absolute Gasteiger partial charge is 0.480 e. The van der Waals surface area contributed by atoms with Gasteiger partial charge < -0.3 is 15.3 Å². The lowest BCUT2D eigenvalue weighted by Crippen LogP contribution is -2.52. The van der Waals surface area contributed by atoms with Crippen LogP contribution in [-0.4, -0.2) is 34.1 Å². The van der Waals surface area contributed by atoms with Crippen molar-refractivity contribution in [1.82, 2.24) is 10.2 Å². The zero-order valence-corrected chi connectivity index (χ0v) is 11.5. The van der Waals surface area contributed by atoms with E-state index in [2.05, 4.69) is 5.32 Å². The Bertz CT molecular complexity index is 438. The Morgan fingerprint density at radius 2 is 1.79 bits per heavy atom. The molecule has 1 rings (SSSR count). The summed E-state index contributed by atoms with van der Waals surface area (Å²) in [5.41, 5.74) is 0.430. The molecule has 0 aliphatic carbocycles. The molecule has 1 aromatic rings. The second kappa shape index (κ2) is 6.22. The van der Waals surface area contributed by atoms with Crippen LogP contribution in [0.4, 0.5) is 4.79 Å². The van der Waals surface area contributed by atoms with E-state index in [1.165, 1.54) is 4.90 Å². The van der Waals surface area contributed by atoms with Gasteiger partial charge in [0.25, 0.3) is 0 Å². The van der Waals surface area contributed by atoms with Crippen LogP contribution in [0.5, 0.6) is 0 Å². The van der Waals surface area contributed by atoms with Crippen LogP contribution in [0.25, 0.3) is 0 Å². The summed E-state index contributed by atoms with van der Waals surface area (Å²) in [6, 6.07) is 9.11. The monoisotopic (exact) mass is 264 g/mol. The molecule has 104 valence electrons. The van der Waals surface area contributed by atoms with Crippen LogP contribution in [0, 0.1) is 0 Å². The molecule has 0 bridgehead atoms. The standard InChI is InChI=1S/C14H20N2O3/c1-14(2,3)16(10-12(17)18)13(19)15-9-11-7-5-4-6-8-11/h4-8H,9-10H2,1-3H3,(H,15,19)(H,17,18). The molecule has 0 saturated carbocycles. The molecule has 0 spiro atoms. The number of carboxylic acid groups (broad SMARTS) is 1. The maximum absolute atomic E-state index is 12.1. The Hall–Kier alpha value is -2.04. The highest BCUT2D eigenvalue weighted by atomic mass is 16.4. The van der Waals surface area contributed by atoms with Crippen molar-refractivity contribution in [2.75, 3.05) is 6.54 Å². The molecule has 1 aromatic carbocycles. The van der Waals surface area contributed by atoms with Crippen molar-refractivity contribution < 1.29 is 14.7 Å². The second-order valence-corrected chi connectivity index (χ2v) is 5.30. The van der Waals surface area contributed by atoms with Gasteiger partial charge in [-0.2, -0.15) is 0 Å². The second-order valence-electron chi connectivity index (χ2n) is 5.30. The first-order chi connectivity index (χ1) is 8.80. The third-order valence-corrected chi connectivity index (χ3v) is 2.63. The van der Waals surface area contributed by atoms with Crippen LogP contribution in [0.15, 0.2) is 30.3 Å². The fourth-order valence-corrected chi connectivity index (χ4v) is 1.62. The zero-order chi connectivity index (χ0) is 14.5. The van der Waals surface area contributed by atoms with Crippen LogP contribution in [0.2, 0.25) is 0 Å². The molecule has 0 heterocycles. The molecule has 0 fully saturated rings. The number of nitrogens with one attached hydrogen (secondary N) is 1. The van der Waals surface area contributed by atoms with E-state index in [9.17, 15) is 9.59 Å². The highest BCUT2D eigenvalue weighted by Gasteiger charge is 2.28.